The summed E-state index contributed by atoms with van der Waals surface area (Å²) < 4.78 is 28.6. The Balaban J connectivity index is 1.63. The van der Waals surface area contributed by atoms with E-state index in [-0.39, 0.29) is 11.8 Å². The Morgan fingerprint density at radius 2 is 1.81 bits per heavy atom. The summed E-state index contributed by atoms with van der Waals surface area (Å²) in [6.45, 7) is 4.91. The number of hydrogen-bond donors (Lipinski definition) is 1. The molecule has 0 aliphatic carbocycles. The van der Waals surface area contributed by atoms with Gasteiger partial charge in [0.05, 0.1) is 4.90 Å². The fourth-order valence-corrected chi connectivity index (χ4v) is 5.01. The van der Waals surface area contributed by atoms with Gasteiger partial charge in [-0.2, -0.15) is 4.31 Å². The number of amides is 1. The third-order valence-electron chi connectivity index (χ3n) is 5.11. The normalized spacial score (nSPS) is 16.6. The molecular weight excluding hydrogens is 362 g/mol. The number of piperidine rings is 1. The van der Waals surface area contributed by atoms with E-state index in [4.69, 9.17) is 0 Å². The molecule has 1 aliphatic heterocycles. The highest BCUT2D eigenvalue weighted by molar-refractivity contribution is 7.89. The SMILES string of the molecule is CC(C)c1ccccc1NC(=O)C1CCN(S(=O)(=O)c2ccn(C)c2)CC1. The summed E-state index contributed by atoms with van der Waals surface area (Å²) >= 11 is 0. The minimum atomic E-state index is -3.49. The van der Waals surface area contributed by atoms with Crippen LogP contribution in [-0.4, -0.2) is 36.3 Å². The Morgan fingerprint density at radius 3 is 2.41 bits per heavy atom. The van der Waals surface area contributed by atoms with Gasteiger partial charge in [-0.1, -0.05) is 32.0 Å². The molecule has 1 aliphatic rings. The van der Waals surface area contributed by atoms with E-state index in [1.807, 2.05) is 24.3 Å². The molecule has 3 rings (SSSR count). The molecule has 0 atom stereocenters. The second-order valence-corrected chi connectivity index (χ2v) is 9.36. The molecule has 2 heterocycles. The Morgan fingerprint density at radius 1 is 1.15 bits per heavy atom. The van der Waals surface area contributed by atoms with Crippen LogP contribution in [0.5, 0.6) is 0 Å². The van der Waals surface area contributed by atoms with Crippen molar-refractivity contribution in [3.05, 3.63) is 48.3 Å². The molecule has 1 amide bonds. The van der Waals surface area contributed by atoms with Gasteiger partial charge in [-0.05, 0) is 36.5 Å². The number of carbonyl (C=O) groups excluding carboxylic acids is 1. The number of hydrogen-bond acceptors (Lipinski definition) is 3. The molecule has 0 spiro atoms. The molecule has 0 bridgehead atoms. The number of nitrogens with one attached hydrogen (secondary N) is 1. The van der Waals surface area contributed by atoms with Crippen LogP contribution in [0.4, 0.5) is 5.69 Å². The van der Waals surface area contributed by atoms with Crippen molar-refractivity contribution in [2.24, 2.45) is 13.0 Å². The molecule has 1 aromatic heterocycles. The van der Waals surface area contributed by atoms with E-state index >= 15 is 0 Å². The average molecular weight is 390 g/mol. The molecule has 6 nitrogen and oxygen atoms in total. The first-order chi connectivity index (χ1) is 12.8. The van der Waals surface area contributed by atoms with Gasteiger partial charge in [-0.15, -0.1) is 0 Å². The number of anilines is 1. The van der Waals surface area contributed by atoms with E-state index in [1.165, 1.54) is 4.31 Å². The molecule has 0 radical (unpaired) electrons. The maximum absolute atomic E-state index is 12.7. The van der Waals surface area contributed by atoms with Crippen molar-refractivity contribution in [1.29, 1.82) is 0 Å². The van der Waals surface area contributed by atoms with Gasteiger partial charge in [0.25, 0.3) is 0 Å². The molecule has 7 heteroatoms. The van der Waals surface area contributed by atoms with Crippen LogP contribution in [0.15, 0.2) is 47.6 Å². The summed E-state index contributed by atoms with van der Waals surface area (Å²) in [6, 6.07) is 9.43. The largest absolute Gasteiger partial charge is 0.356 e. The lowest BCUT2D eigenvalue weighted by Gasteiger charge is -2.30. The standard InChI is InChI=1S/C20H27N3O3S/c1-15(2)18-6-4-5-7-19(18)21-20(24)16-8-12-23(13-9-16)27(25,26)17-10-11-22(3)14-17/h4-7,10-11,14-16H,8-9,12-13H2,1-3H3,(H,21,24). The van der Waals surface area contributed by atoms with Crippen molar-refractivity contribution in [2.45, 2.75) is 37.5 Å². The number of sulfonamides is 1. The first kappa shape index (κ1) is 19.6. The van der Waals surface area contributed by atoms with Crippen LogP contribution in [0.1, 0.15) is 38.2 Å². The number of carbonyl (C=O) groups is 1. The molecule has 2 aromatic rings. The smallest absolute Gasteiger partial charge is 0.244 e. The molecule has 1 saturated heterocycles. The molecule has 0 saturated carbocycles. The fourth-order valence-electron chi connectivity index (χ4n) is 3.49. The summed E-state index contributed by atoms with van der Waals surface area (Å²) in [5.74, 6) is 0.117. The third kappa shape index (κ3) is 4.25. The van der Waals surface area contributed by atoms with Crippen molar-refractivity contribution < 1.29 is 13.2 Å². The maximum Gasteiger partial charge on any atom is 0.244 e. The van der Waals surface area contributed by atoms with Gasteiger partial charge in [-0.25, -0.2) is 8.42 Å². The summed E-state index contributed by atoms with van der Waals surface area (Å²) in [7, 11) is -1.69. The predicted octanol–water partition coefficient (Wildman–Crippen LogP) is 3.19. The zero-order valence-electron chi connectivity index (χ0n) is 16.1. The molecule has 1 aromatic carbocycles. The highest BCUT2D eigenvalue weighted by atomic mass is 32.2. The van der Waals surface area contributed by atoms with Gasteiger partial charge < -0.3 is 9.88 Å². The van der Waals surface area contributed by atoms with E-state index in [2.05, 4.69) is 19.2 Å². The van der Waals surface area contributed by atoms with Crippen molar-refractivity contribution >= 4 is 21.6 Å². The zero-order chi connectivity index (χ0) is 19.6. The number of para-hydroxylation sites is 1. The maximum atomic E-state index is 12.7. The minimum Gasteiger partial charge on any atom is -0.356 e. The third-order valence-corrected chi connectivity index (χ3v) is 6.99. The topological polar surface area (TPSA) is 71.4 Å². The lowest BCUT2D eigenvalue weighted by molar-refractivity contribution is -0.120. The van der Waals surface area contributed by atoms with Crippen LogP contribution in [0.2, 0.25) is 0 Å². The lowest BCUT2D eigenvalue weighted by Crippen LogP contribution is -2.41. The van der Waals surface area contributed by atoms with Gasteiger partial charge in [0.15, 0.2) is 0 Å². The minimum absolute atomic E-state index is 0.0279. The summed E-state index contributed by atoms with van der Waals surface area (Å²) in [5, 5.41) is 3.04. The first-order valence-electron chi connectivity index (χ1n) is 9.31. The Labute approximate surface area is 161 Å². The number of aromatic nitrogens is 1. The lowest BCUT2D eigenvalue weighted by atomic mass is 9.96. The average Bonchev–Trinajstić information content (AvgIpc) is 3.09. The molecule has 0 unspecified atom stereocenters. The van der Waals surface area contributed by atoms with Crippen LogP contribution in [0.25, 0.3) is 0 Å². The second-order valence-electron chi connectivity index (χ2n) is 7.42. The van der Waals surface area contributed by atoms with E-state index in [9.17, 15) is 13.2 Å². The number of nitrogens with zero attached hydrogens (tertiary/aromatic N) is 2. The van der Waals surface area contributed by atoms with Crippen molar-refractivity contribution in [1.82, 2.24) is 8.87 Å². The van der Waals surface area contributed by atoms with E-state index in [0.717, 1.165) is 11.3 Å². The van der Waals surface area contributed by atoms with E-state index < -0.39 is 10.0 Å². The van der Waals surface area contributed by atoms with Crippen molar-refractivity contribution in [2.75, 3.05) is 18.4 Å². The molecule has 1 N–H and O–H groups in total. The van der Waals surface area contributed by atoms with E-state index in [1.54, 1.807) is 30.1 Å². The molecule has 1 fully saturated rings. The Hall–Kier alpha value is -2.12. The zero-order valence-corrected chi connectivity index (χ0v) is 16.9. The Kier molecular flexibility index (Phi) is 5.72. The Bertz CT molecular complexity index is 910. The first-order valence-corrected chi connectivity index (χ1v) is 10.7. The molecule has 146 valence electrons. The summed E-state index contributed by atoms with van der Waals surface area (Å²) in [4.78, 5) is 13.0. The van der Waals surface area contributed by atoms with Crippen LogP contribution in [0.3, 0.4) is 0 Å². The molecular formula is C20H27N3O3S. The van der Waals surface area contributed by atoms with Crippen molar-refractivity contribution in [3.63, 3.8) is 0 Å². The quantitative estimate of drug-likeness (QED) is 0.854. The van der Waals surface area contributed by atoms with Crippen LogP contribution in [-0.2, 0) is 21.9 Å². The second kappa shape index (κ2) is 7.86. The van der Waals surface area contributed by atoms with Gasteiger partial charge in [0, 0.05) is 44.1 Å². The fraction of sp³-hybridized carbons (Fsp3) is 0.450. The van der Waals surface area contributed by atoms with Gasteiger partial charge in [0.2, 0.25) is 15.9 Å². The highest BCUT2D eigenvalue weighted by Gasteiger charge is 2.32. The number of aryl methyl sites for hydroxylation is 1. The monoisotopic (exact) mass is 389 g/mol. The predicted molar refractivity (Wildman–Crippen MR) is 106 cm³/mol. The van der Waals surface area contributed by atoms with Gasteiger partial charge >= 0.3 is 0 Å². The van der Waals surface area contributed by atoms with Crippen LogP contribution in [0, 0.1) is 5.92 Å². The van der Waals surface area contributed by atoms with Crippen LogP contribution >= 0.6 is 0 Å². The van der Waals surface area contributed by atoms with Gasteiger partial charge in [0.1, 0.15) is 0 Å². The van der Waals surface area contributed by atoms with Gasteiger partial charge in [-0.3, -0.25) is 4.79 Å². The van der Waals surface area contributed by atoms with Crippen LogP contribution < -0.4 is 5.32 Å². The summed E-state index contributed by atoms with van der Waals surface area (Å²) in [5.41, 5.74) is 1.95. The summed E-state index contributed by atoms with van der Waals surface area (Å²) in [6.07, 6.45) is 4.39. The van der Waals surface area contributed by atoms with Crippen molar-refractivity contribution in [3.8, 4) is 0 Å². The highest BCUT2D eigenvalue weighted by Crippen LogP contribution is 2.27. The van der Waals surface area contributed by atoms with E-state index in [0.29, 0.717) is 36.7 Å². The number of benzene rings is 1. The molecule has 27 heavy (non-hydrogen) atoms. The number of rotatable bonds is 5.